The lowest BCUT2D eigenvalue weighted by molar-refractivity contribution is 0.0638. The zero-order chi connectivity index (χ0) is 7.40. The number of rotatable bonds is 3. The molecule has 3 heteroatoms. The van der Waals surface area contributed by atoms with Crippen LogP contribution in [0.25, 0.3) is 0 Å². The lowest BCUT2D eigenvalue weighted by Crippen LogP contribution is -2.02. The predicted molar refractivity (Wildman–Crippen MR) is 38.5 cm³/mol. The van der Waals surface area contributed by atoms with Gasteiger partial charge in [0, 0.05) is 0 Å². The first-order valence-electron chi connectivity index (χ1n) is 3.38. The highest BCUT2D eigenvalue weighted by Gasteiger charge is 1.95. The molecule has 10 heavy (non-hydrogen) atoms. The molecule has 0 saturated carbocycles. The summed E-state index contributed by atoms with van der Waals surface area (Å²) in [4.78, 5) is 6.82. The normalized spacial score (nSPS) is 10.7. The van der Waals surface area contributed by atoms with Gasteiger partial charge >= 0.3 is 0 Å². The van der Waals surface area contributed by atoms with Gasteiger partial charge in [-0.3, -0.25) is 0 Å². The summed E-state index contributed by atoms with van der Waals surface area (Å²) in [6.45, 7) is 4.64. The summed E-state index contributed by atoms with van der Waals surface area (Å²) < 4.78 is 5.31. The van der Waals surface area contributed by atoms with Crippen LogP contribution in [0.1, 0.15) is 19.5 Å². The van der Waals surface area contributed by atoms with Crippen molar-refractivity contribution >= 4 is 0 Å². The summed E-state index contributed by atoms with van der Waals surface area (Å²) in [5.74, 6) is 0. The summed E-state index contributed by atoms with van der Waals surface area (Å²) in [5.41, 5.74) is 1.02. The topological polar surface area (TPSA) is 37.9 Å². The molecule has 0 saturated heterocycles. The second-order valence-electron chi connectivity index (χ2n) is 2.44. The van der Waals surface area contributed by atoms with E-state index in [4.69, 9.17) is 4.74 Å². The molecule has 1 rings (SSSR count). The van der Waals surface area contributed by atoms with Gasteiger partial charge in [0.1, 0.15) is 0 Å². The summed E-state index contributed by atoms with van der Waals surface area (Å²) >= 11 is 0. The van der Waals surface area contributed by atoms with Gasteiger partial charge in [0.05, 0.1) is 30.9 Å². The Labute approximate surface area is 60.4 Å². The van der Waals surface area contributed by atoms with Crippen LogP contribution in [-0.4, -0.2) is 16.1 Å². The summed E-state index contributed by atoms with van der Waals surface area (Å²) in [6, 6.07) is 0. The highest BCUT2D eigenvalue weighted by Crippen LogP contribution is 1.97. The molecule has 56 valence electrons. The highest BCUT2D eigenvalue weighted by molar-refractivity contribution is 4.91. The van der Waals surface area contributed by atoms with Gasteiger partial charge in [-0.15, -0.1) is 0 Å². The molecule has 1 heterocycles. The van der Waals surface area contributed by atoms with Crippen LogP contribution >= 0.6 is 0 Å². The van der Waals surface area contributed by atoms with Crippen molar-refractivity contribution in [2.24, 2.45) is 0 Å². The van der Waals surface area contributed by atoms with Gasteiger partial charge in [-0.1, -0.05) is 0 Å². The fourth-order valence-electron chi connectivity index (χ4n) is 0.620. The molecule has 0 radical (unpaired) electrons. The van der Waals surface area contributed by atoms with Crippen LogP contribution in [0.5, 0.6) is 0 Å². The molecular weight excluding hydrogens is 128 g/mol. The fraction of sp³-hybridized carbons (Fsp3) is 0.571. The minimum atomic E-state index is 0.281. The van der Waals surface area contributed by atoms with Gasteiger partial charge in [-0.05, 0) is 13.8 Å². The van der Waals surface area contributed by atoms with E-state index in [1.807, 2.05) is 13.8 Å². The number of aromatic amines is 1. The maximum atomic E-state index is 5.31. The van der Waals surface area contributed by atoms with Gasteiger partial charge < -0.3 is 9.72 Å². The third kappa shape index (κ3) is 2.19. The largest absolute Gasteiger partial charge is 0.373 e. The van der Waals surface area contributed by atoms with E-state index < -0.39 is 0 Å². The number of hydrogen-bond donors (Lipinski definition) is 1. The Morgan fingerprint density at radius 2 is 2.50 bits per heavy atom. The number of aromatic nitrogens is 2. The first kappa shape index (κ1) is 7.28. The molecule has 0 aliphatic rings. The molecule has 1 N–H and O–H groups in total. The van der Waals surface area contributed by atoms with E-state index >= 15 is 0 Å². The Kier molecular flexibility index (Phi) is 2.45. The van der Waals surface area contributed by atoms with Crippen LogP contribution in [0.2, 0.25) is 0 Å². The third-order valence-corrected chi connectivity index (χ3v) is 1.13. The van der Waals surface area contributed by atoms with Crippen molar-refractivity contribution in [3.63, 3.8) is 0 Å². The highest BCUT2D eigenvalue weighted by atomic mass is 16.5. The van der Waals surface area contributed by atoms with Gasteiger partial charge in [-0.25, -0.2) is 4.98 Å². The second-order valence-corrected chi connectivity index (χ2v) is 2.44. The van der Waals surface area contributed by atoms with E-state index in [0.29, 0.717) is 6.61 Å². The average molecular weight is 140 g/mol. The van der Waals surface area contributed by atoms with Crippen molar-refractivity contribution in [1.29, 1.82) is 0 Å². The Morgan fingerprint density at radius 1 is 1.70 bits per heavy atom. The summed E-state index contributed by atoms with van der Waals surface area (Å²) in [7, 11) is 0. The van der Waals surface area contributed by atoms with Crippen molar-refractivity contribution in [3.05, 3.63) is 18.2 Å². The molecule has 0 unspecified atom stereocenters. The number of nitrogens with zero attached hydrogens (tertiary/aromatic N) is 1. The predicted octanol–water partition coefficient (Wildman–Crippen LogP) is 1.33. The Hall–Kier alpha value is -0.830. The average Bonchev–Trinajstić information content (AvgIpc) is 2.34. The molecule has 0 spiro atoms. The third-order valence-electron chi connectivity index (χ3n) is 1.13. The van der Waals surface area contributed by atoms with Crippen molar-refractivity contribution < 1.29 is 4.74 Å². The summed E-state index contributed by atoms with van der Waals surface area (Å²) in [5, 5.41) is 0. The quantitative estimate of drug-likeness (QED) is 0.687. The van der Waals surface area contributed by atoms with Crippen LogP contribution in [-0.2, 0) is 11.3 Å². The lowest BCUT2D eigenvalue weighted by atomic mass is 10.4. The van der Waals surface area contributed by atoms with E-state index in [-0.39, 0.29) is 6.10 Å². The fourth-order valence-corrected chi connectivity index (χ4v) is 0.620. The molecule has 0 aliphatic carbocycles. The van der Waals surface area contributed by atoms with Crippen LogP contribution in [0, 0.1) is 0 Å². The van der Waals surface area contributed by atoms with E-state index in [1.165, 1.54) is 0 Å². The minimum absolute atomic E-state index is 0.281. The van der Waals surface area contributed by atoms with E-state index in [2.05, 4.69) is 9.97 Å². The zero-order valence-electron chi connectivity index (χ0n) is 6.29. The SMILES string of the molecule is CC(C)OCc1cnc[nH]1. The van der Waals surface area contributed by atoms with Crippen LogP contribution in [0.4, 0.5) is 0 Å². The zero-order valence-corrected chi connectivity index (χ0v) is 6.29. The Balaban J connectivity index is 2.28. The van der Waals surface area contributed by atoms with Crippen LogP contribution in [0.15, 0.2) is 12.5 Å². The maximum absolute atomic E-state index is 5.31. The number of nitrogens with one attached hydrogen (secondary N) is 1. The molecule has 0 bridgehead atoms. The molecular formula is C7H12N2O. The first-order chi connectivity index (χ1) is 4.79. The van der Waals surface area contributed by atoms with E-state index in [0.717, 1.165) is 5.69 Å². The Morgan fingerprint density at radius 3 is 3.00 bits per heavy atom. The monoisotopic (exact) mass is 140 g/mol. The molecule has 3 nitrogen and oxygen atoms in total. The number of imidazole rings is 1. The lowest BCUT2D eigenvalue weighted by Gasteiger charge is -2.04. The molecule has 0 atom stereocenters. The minimum Gasteiger partial charge on any atom is -0.373 e. The molecule has 0 fully saturated rings. The second kappa shape index (κ2) is 3.37. The van der Waals surface area contributed by atoms with Crippen molar-refractivity contribution in [2.45, 2.75) is 26.6 Å². The van der Waals surface area contributed by atoms with Crippen LogP contribution < -0.4 is 0 Å². The smallest absolute Gasteiger partial charge is 0.0922 e. The Bertz CT molecular complexity index is 170. The van der Waals surface area contributed by atoms with Crippen molar-refractivity contribution in [3.8, 4) is 0 Å². The van der Waals surface area contributed by atoms with Gasteiger partial charge in [0.15, 0.2) is 0 Å². The molecule has 0 amide bonds. The number of H-pyrrole nitrogens is 1. The molecule has 0 aromatic carbocycles. The van der Waals surface area contributed by atoms with Crippen molar-refractivity contribution in [2.75, 3.05) is 0 Å². The van der Waals surface area contributed by atoms with Gasteiger partial charge in [0.25, 0.3) is 0 Å². The summed E-state index contributed by atoms with van der Waals surface area (Å²) in [6.07, 6.45) is 3.70. The molecule has 1 aromatic rings. The first-order valence-corrected chi connectivity index (χ1v) is 3.38. The van der Waals surface area contributed by atoms with E-state index in [9.17, 15) is 0 Å². The van der Waals surface area contributed by atoms with E-state index in [1.54, 1.807) is 12.5 Å². The van der Waals surface area contributed by atoms with Crippen LogP contribution in [0.3, 0.4) is 0 Å². The maximum Gasteiger partial charge on any atom is 0.0922 e. The van der Waals surface area contributed by atoms with Gasteiger partial charge in [0.2, 0.25) is 0 Å². The molecule has 0 aliphatic heterocycles. The number of ether oxygens (including phenoxy) is 1. The molecule has 1 aromatic heterocycles. The standard InChI is InChI=1S/C7H12N2O/c1-6(2)10-4-7-3-8-5-9-7/h3,5-6H,4H2,1-2H3,(H,8,9). The number of hydrogen-bond acceptors (Lipinski definition) is 2. The van der Waals surface area contributed by atoms with Crippen molar-refractivity contribution in [1.82, 2.24) is 9.97 Å². The van der Waals surface area contributed by atoms with Gasteiger partial charge in [-0.2, -0.15) is 0 Å².